The van der Waals surface area contributed by atoms with E-state index < -0.39 is 0 Å². The van der Waals surface area contributed by atoms with Gasteiger partial charge in [0.15, 0.2) is 10.2 Å². The van der Waals surface area contributed by atoms with Crippen LogP contribution in [0.15, 0.2) is 106 Å². The molecule has 1 aliphatic rings. The van der Waals surface area contributed by atoms with Gasteiger partial charge in [0, 0.05) is 11.1 Å². The number of aromatic nitrogens is 1. The summed E-state index contributed by atoms with van der Waals surface area (Å²) in [5, 5.41) is 15.2. The molecule has 2 N–H and O–H groups in total. The van der Waals surface area contributed by atoms with Crippen molar-refractivity contribution >= 4 is 34.8 Å². The van der Waals surface area contributed by atoms with Crippen LogP contribution in [0.25, 0.3) is 0 Å². The first kappa shape index (κ1) is 19.7. The number of nitrogens with one attached hydrogen (secondary N) is 1. The molecule has 1 fully saturated rings. The van der Waals surface area contributed by atoms with Crippen LogP contribution in [0.2, 0.25) is 0 Å². The minimum atomic E-state index is -0.305. The van der Waals surface area contributed by atoms with E-state index in [1.807, 2.05) is 77.7 Å². The molecule has 2 aromatic carbocycles. The van der Waals surface area contributed by atoms with E-state index in [9.17, 15) is 5.11 Å². The third-order valence-corrected chi connectivity index (χ3v) is 6.34. The summed E-state index contributed by atoms with van der Waals surface area (Å²) in [5.41, 5.74) is 1.47. The first-order valence-electron chi connectivity index (χ1n) is 9.82. The maximum atomic E-state index is 10.5. The highest BCUT2D eigenvalue weighted by Crippen LogP contribution is 2.45. The third-order valence-electron chi connectivity index (χ3n) is 5.09. The Bertz CT molecular complexity index is 1200. The summed E-state index contributed by atoms with van der Waals surface area (Å²) in [6.07, 6.45) is 1.76. The van der Waals surface area contributed by atoms with Crippen LogP contribution >= 0.6 is 24.0 Å². The Hall–Kier alpha value is -3.29. The summed E-state index contributed by atoms with van der Waals surface area (Å²) >= 11 is 7.24. The van der Waals surface area contributed by atoms with E-state index in [0.717, 1.165) is 21.4 Å². The summed E-state index contributed by atoms with van der Waals surface area (Å²) in [7, 11) is 0. The highest BCUT2D eigenvalue weighted by molar-refractivity contribution is 7.99. The number of pyridine rings is 1. The Morgan fingerprint density at radius 3 is 2.48 bits per heavy atom. The largest absolute Gasteiger partial charge is 0.506 e. The summed E-state index contributed by atoms with van der Waals surface area (Å²) in [6, 6.07) is 26.4. The molecule has 4 aromatic rings. The molecule has 2 atom stereocenters. The van der Waals surface area contributed by atoms with Crippen molar-refractivity contribution in [3.63, 3.8) is 0 Å². The molecule has 0 spiro atoms. The second-order valence-corrected chi connectivity index (χ2v) is 8.52. The molecule has 5 rings (SSSR count). The van der Waals surface area contributed by atoms with Crippen molar-refractivity contribution in [3.05, 3.63) is 103 Å². The number of aromatic hydroxyl groups is 1. The van der Waals surface area contributed by atoms with Crippen molar-refractivity contribution in [1.29, 1.82) is 0 Å². The molecule has 154 valence electrons. The van der Waals surface area contributed by atoms with Gasteiger partial charge in [-0.2, -0.15) is 0 Å². The Kier molecular flexibility index (Phi) is 5.36. The van der Waals surface area contributed by atoms with Crippen LogP contribution in [-0.4, -0.2) is 15.2 Å². The Labute approximate surface area is 189 Å². The van der Waals surface area contributed by atoms with Crippen LogP contribution in [-0.2, 0) is 0 Å². The summed E-state index contributed by atoms with van der Waals surface area (Å²) in [5.74, 6) is 0.897. The van der Waals surface area contributed by atoms with Gasteiger partial charge in [0.25, 0.3) is 0 Å². The first-order chi connectivity index (χ1) is 15.2. The fraction of sp³-hybridized carbons (Fsp3) is 0.0833. The van der Waals surface area contributed by atoms with Gasteiger partial charge >= 0.3 is 0 Å². The van der Waals surface area contributed by atoms with Crippen LogP contribution in [0.1, 0.15) is 23.5 Å². The van der Waals surface area contributed by atoms with Crippen LogP contribution < -0.4 is 10.2 Å². The minimum absolute atomic E-state index is 0.156. The molecular formula is C24H19N3O2S2. The number of phenols is 1. The van der Waals surface area contributed by atoms with Crippen LogP contribution in [0.4, 0.5) is 5.69 Å². The summed E-state index contributed by atoms with van der Waals surface area (Å²) in [6.45, 7) is 0. The van der Waals surface area contributed by atoms with E-state index >= 15 is 0 Å². The SMILES string of the molecule is Oc1ccccc1N1C(=S)N[C@@H](c2ccccn2)[C@@H]1c1ccc(Sc2ccccc2)o1. The van der Waals surface area contributed by atoms with Gasteiger partial charge in [-0.15, -0.1) is 0 Å². The Morgan fingerprint density at radius 2 is 1.71 bits per heavy atom. The lowest BCUT2D eigenvalue weighted by atomic mass is 10.0. The smallest absolute Gasteiger partial charge is 0.174 e. The number of anilines is 1. The molecular weight excluding hydrogens is 426 g/mol. The predicted molar refractivity (Wildman–Crippen MR) is 125 cm³/mol. The van der Waals surface area contributed by atoms with Crippen molar-refractivity contribution in [3.8, 4) is 5.75 Å². The summed E-state index contributed by atoms with van der Waals surface area (Å²) < 4.78 is 6.28. The average Bonchev–Trinajstić information content (AvgIpc) is 3.39. The fourth-order valence-electron chi connectivity index (χ4n) is 3.72. The molecule has 0 unspecified atom stereocenters. The molecule has 0 amide bonds. The van der Waals surface area contributed by atoms with E-state index in [1.54, 1.807) is 30.1 Å². The van der Waals surface area contributed by atoms with Crippen LogP contribution in [0.3, 0.4) is 0 Å². The third kappa shape index (κ3) is 3.89. The van der Waals surface area contributed by atoms with Gasteiger partial charge in [-0.3, -0.25) is 4.98 Å². The Balaban J connectivity index is 1.55. The molecule has 0 bridgehead atoms. The topological polar surface area (TPSA) is 61.5 Å². The fourth-order valence-corrected chi connectivity index (χ4v) is 4.86. The number of hydrogen-bond donors (Lipinski definition) is 2. The summed E-state index contributed by atoms with van der Waals surface area (Å²) in [4.78, 5) is 7.54. The van der Waals surface area contributed by atoms with Gasteiger partial charge in [-0.25, -0.2) is 0 Å². The quantitative estimate of drug-likeness (QED) is 0.382. The molecule has 7 heteroatoms. The maximum absolute atomic E-state index is 10.5. The number of phenolic OH excluding ortho intramolecular Hbond substituents is 1. The standard InChI is InChI=1S/C24H19N3O2S2/c28-19-12-5-4-11-18(19)27-23(22(26-24(27)30)17-10-6-7-15-25-17)20-13-14-21(29-20)31-16-8-2-1-3-9-16/h1-15,22-23,28H,(H,26,30)/t22-,23-/m0/s1. The number of para-hydroxylation sites is 2. The zero-order chi connectivity index (χ0) is 21.2. The maximum Gasteiger partial charge on any atom is 0.174 e. The average molecular weight is 446 g/mol. The lowest BCUT2D eigenvalue weighted by Crippen LogP contribution is -2.29. The number of nitrogens with zero attached hydrogens (tertiary/aromatic N) is 2. The highest BCUT2D eigenvalue weighted by atomic mass is 32.2. The van der Waals surface area contributed by atoms with E-state index in [1.165, 1.54) is 0 Å². The molecule has 5 nitrogen and oxygen atoms in total. The first-order valence-corrected chi connectivity index (χ1v) is 11.0. The van der Waals surface area contributed by atoms with Gasteiger partial charge in [0.1, 0.15) is 17.6 Å². The van der Waals surface area contributed by atoms with Crippen molar-refractivity contribution in [1.82, 2.24) is 10.3 Å². The number of hydrogen-bond acceptors (Lipinski definition) is 5. The van der Waals surface area contributed by atoms with Gasteiger partial charge in [-0.1, -0.05) is 48.2 Å². The van der Waals surface area contributed by atoms with E-state index in [4.69, 9.17) is 16.6 Å². The van der Waals surface area contributed by atoms with Crippen molar-refractivity contribution in [2.45, 2.75) is 22.1 Å². The molecule has 0 radical (unpaired) electrons. The lowest BCUT2D eigenvalue weighted by Gasteiger charge is -2.26. The van der Waals surface area contributed by atoms with Crippen LogP contribution in [0, 0.1) is 0 Å². The van der Waals surface area contributed by atoms with Gasteiger partial charge in [0.2, 0.25) is 0 Å². The van der Waals surface area contributed by atoms with Crippen molar-refractivity contribution in [2.24, 2.45) is 0 Å². The van der Waals surface area contributed by atoms with Gasteiger partial charge in [0.05, 0.1) is 17.4 Å². The second kappa shape index (κ2) is 8.45. The van der Waals surface area contributed by atoms with Gasteiger partial charge < -0.3 is 19.7 Å². The number of thiocarbonyl (C=S) groups is 1. The Morgan fingerprint density at radius 1 is 0.935 bits per heavy atom. The lowest BCUT2D eigenvalue weighted by molar-refractivity contribution is 0.382. The molecule has 1 saturated heterocycles. The van der Waals surface area contributed by atoms with Crippen molar-refractivity contribution in [2.75, 3.05) is 4.90 Å². The normalized spacial score (nSPS) is 18.2. The molecule has 1 aliphatic heterocycles. The number of furan rings is 1. The zero-order valence-corrected chi connectivity index (χ0v) is 18.0. The predicted octanol–water partition coefficient (Wildman–Crippen LogP) is 5.71. The number of rotatable bonds is 5. The minimum Gasteiger partial charge on any atom is -0.506 e. The molecule has 0 aliphatic carbocycles. The molecule has 3 heterocycles. The van der Waals surface area contributed by atoms with E-state index in [2.05, 4.69) is 10.3 Å². The van der Waals surface area contributed by atoms with Crippen LogP contribution in [0.5, 0.6) is 5.75 Å². The second-order valence-electron chi connectivity index (χ2n) is 7.06. The zero-order valence-electron chi connectivity index (χ0n) is 16.4. The molecule has 0 saturated carbocycles. The number of benzene rings is 2. The van der Waals surface area contributed by atoms with E-state index in [0.29, 0.717) is 10.8 Å². The highest BCUT2D eigenvalue weighted by Gasteiger charge is 2.43. The molecule has 31 heavy (non-hydrogen) atoms. The molecule has 2 aromatic heterocycles. The monoisotopic (exact) mass is 445 g/mol. The van der Waals surface area contributed by atoms with Crippen molar-refractivity contribution < 1.29 is 9.52 Å². The van der Waals surface area contributed by atoms with E-state index in [-0.39, 0.29) is 17.8 Å². The van der Waals surface area contributed by atoms with Gasteiger partial charge in [-0.05, 0) is 60.7 Å².